The van der Waals surface area contributed by atoms with Gasteiger partial charge in [-0.1, -0.05) is 30.3 Å². The van der Waals surface area contributed by atoms with Gasteiger partial charge in [-0.05, 0) is 12.5 Å². The van der Waals surface area contributed by atoms with Crippen molar-refractivity contribution in [1.29, 1.82) is 0 Å². The number of carbonyl (C=O) groups is 3. The molecule has 1 aromatic heterocycles. The molecular weight excluding hydrogens is 326 g/mol. The van der Waals surface area contributed by atoms with E-state index in [2.05, 4.69) is 9.72 Å². The highest BCUT2D eigenvalue weighted by molar-refractivity contribution is 6.00. The number of benzene rings is 1. The molecule has 0 amide bonds. The van der Waals surface area contributed by atoms with E-state index in [-0.39, 0.29) is 29.8 Å². The zero-order chi connectivity index (χ0) is 18.4. The van der Waals surface area contributed by atoms with E-state index < -0.39 is 17.9 Å². The van der Waals surface area contributed by atoms with E-state index in [9.17, 15) is 14.4 Å². The first-order chi connectivity index (χ1) is 12.0. The molecule has 25 heavy (non-hydrogen) atoms. The number of aromatic amines is 1. The van der Waals surface area contributed by atoms with Gasteiger partial charge in [0.25, 0.3) is 0 Å². The topological polar surface area (TPSA) is 94.7 Å². The van der Waals surface area contributed by atoms with Crippen molar-refractivity contribution in [2.24, 2.45) is 0 Å². The van der Waals surface area contributed by atoms with Crippen LogP contribution in [0.15, 0.2) is 30.3 Å². The van der Waals surface area contributed by atoms with Crippen molar-refractivity contribution in [3.05, 3.63) is 58.4 Å². The van der Waals surface area contributed by atoms with Gasteiger partial charge in [0, 0.05) is 11.3 Å². The van der Waals surface area contributed by atoms with Crippen molar-refractivity contribution < 1.29 is 28.6 Å². The second-order valence-corrected chi connectivity index (χ2v) is 5.28. The molecule has 0 atom stereocenters. The number of aromatic nitrogens is 1. The molecule has 1 heterocycles. The number of esters is 3. The average Bonchev–Trinajstić information content (AvgIpc) is 2.95. The number of methoxy groups -OCH3 is 2. The van der Waals surface area contributed by atoms with Gasteiger partial charge in [-0.3, -0.25) is 4.79 Å². The molecule has 1 aromatic carbocycles. The summed E-state index contributed by atoms with van der Waals surface area (Å²) in [6.45, 7) is 1.70. The van der Waals surface area contributed by atoms with Crippen molar-refractivity contribution in [3.8, 4) is 0 Å². The Bertz CT molecular complexity index is 778. The molecule has 2 aromatic rings. The maximum Gasteiger partial charge on any atom is 0.354 e. The third-order valence-corrected chi connectivity index (χ3v) is 3.65. The Hall–Kier alpha value is -3.09. The van der Waals surface area contributed by atoms with Gasteiger partial charge >= 0.3 is 17.9 Å². The van der Waals surface area contributed by atoms with Crippen molar-refractivity contribution in [2.45, 2.75) is 20.0 Å². The first-order valence-electron chi connectivity index (χ1n) is 7.55. The van der Waals surface area contributed by atoms with Crippen molar-refractivity contribution in [2.75, 3.05) is 14.2 Å². The third kappa shape index (κ3) is 4.26. The molecule has 0 fully saturated rings. The van der Waals surface area contributed by atoms with E-state index in [1.54, 1.807) is 6.92 Å². The Labute approximate surface area is 144 Å². The summed E-state index contributed by atoms with van der Waals surface area (Å²) in [5.41, 5.74) is 1.62. The summed E-state index contributed by atoms with van der Waals surface area (Å²) in [5, 5.41) is 0. The number of carbonyl (C=O) groups excluding carboxylic acids is 3. The van der Waals surface area contributed by atoms with Gasteiger partial charge in [-0.25, -0.2) is 9.59 Å². The highest BCUT2D eigenvalue weighted by Crippen LogP contribution is 2.22. The molecule has 0 unspecified atom stereocenters. The van der Waals surface area contributed by atoms with Gasteiger partial charge < -0.3 is 19.2 Å². The highest BCUT2D eigenvalue weighted by Gasteiger charge is 2.28. The molecule has 0 aliphatic rings. The SMILES string of the molecule is COC(=O)Cc1c(C(=O)OC)[nH]c(C)c1C(=O)OCc1ccccc1. The predicted octanol–water partition coefficient (Wildman–Crippen LogP) is 2.18. The van der Waals surface area contributed by atoms with Crippen LogP contribution in [0.5, 0.6) is 0 Å². The molecule has 0 radical (unpaired) electrons. The van der Waals surface area contributed by atoms with Crippen LogP contribution in [-0.2, 0) is 32.0 Å². The van der Waals surface area contributed by atoms with E-state index in [4.69, 9.17) is 9.47 Å². The monoisotopic (exact) mass is 345 g/mol. The Morgan fingerprint density at radius 2 is 1.68 bits per heavy atom. The largest absolute Gasteiger partial charge is 0.469 e. The van der Waals surface area contributed by atoms with Gasteiger partial charge in [0.15, 0.2) is 0 Å². The van der Waals surface area contributed by atoms with Gasteiger partial charge in [0.1, 0.15) is 12.3 Å². The van der Waals surface area contributed by atoms with E-state index in [0.717, 1.165) is 5.56 Å². The summed E-state index contributed by atoms with van der Waals surface area (Å²) in [5.74, 6) is -1.89. The molecule has 132 valence electrons. The standard InChI is InChI=1S/C18H19NO6/c1-11-15(17(21)25-10-12-7-5-4-6-8-12)13(9-14(20)23-2)16(19-11)18(22)24-3/h4-8,19H,9-10H2,1-3H3. The van der Waals surface area contributed by atoms with E-state index in [1.165, 1.54) is 14.2 Å². The number of hydrogen-bond donors (Lipinski definition) is 1. The molecule has 0 spiro atoms. The summed E-state index contributed by atoms with van der Waals surface area (Å²) in [6.07, 6.45) is -0.249. The van der Waals surface area contributed by atoms with Crippen LogP contribution in [0.2, 0.25) is 0 Å². The van der Waals surface area contributed by atoms with Gasteiger partial charge in [0.2, 0.25) is 0 Å². The number of H-pyrrole nitrogens is 1. The normalized spacial score (nSPS) is 10.2. The van der Waals surface area contributed by atoms with Crippen LogP contribution < -0.4 is 0 Å². The Morgan fingerprint density at radius 3 is 2.28 bits per heavy atom. The molecule has 0 saturated heterocycles. The summed E-state index contributed by atoms with van der Waals surface area (Å²) >= 11 is 0. The molecule has 0 bridgehead atoms. The summed E-state index contributed by atoms with van der Waals surface area (Å²) in [4.78, 5) is 38.9. The van der Waals surface area contributed by atoms with Crippen LogP contribution in [-0.4, -0.2) is 37.1 Å². The zero-order valence-electron chi connectivity index (χ0n) is 14.3. The second-order valence-electron chi connectivity index (χ2n) is 5.28. The molecule has 2 rings (SSSR count). The number of nitrogens with one attached hydrogen (secondary N) is 1. The third-order valence-electron chi connectivity index (χ3n) is 3.65. The van der Waals surface area contributed by atoms with E-state index >= 15 is 0 Å². The Morgan fingerprint density at radius 1 is 1.00 bits per heavy atom. The summed E-state index contributed by atoms with van der Waals surface area (Å²) < 4.78 is 14.6. The molecule has 0 aliphatic heterocycles. The maximum absolute atomic E-state index is 12.5. The number of hydrogen-bond acceptors (Lipinski definition) is 6. The minimum atomic E-state index is -0.677. The molecular formula is C18H19NO6. The number of rotatable bonds is 6. The number of ether oxygens (including phenoxy) is 3. The molecule has 7 nitrogen and oxygen atoms in total. The minimum absolute atomic E-state index is 0.0389. The molecule has 0 aliphatic carbocycles. The van der Waals surface area contributed by atoms with Crippen molar-refractivity contribution in [3.63, 3.8) is 0 Å². The lowest BCUT2D eigenvalue weighted by atomic mass is 10.1. The Balaban J connectivity index is 2.31. The van der Waals surface area contributed by atoms with Crippen LogP contribution in [0.4, 0.5) is 0 Å². The fourth-order valence-electron chi connectivity index (χ4n) is 2.42. The first kappa shape index (κ1) is 18.3. The smallest absolute Gasteiger partial charge is 0.354 e. The van der Waals surface area contributed by atoms with Gasteiger partial charge in [-0.2, -0.15) is 0 Å². The van der Waals surface area contributed by atoms with Crippen molar-refractivity contribution >= 4 is 17.9 Å². The lowest BCUT2D eigenvalue weighted by Gasteiger charge is -2.08. The van der Waals surface area contributed by atoms with Crippen LogP contribution in [0, 0.1) is 6.92 Å². The molecule has 0 saturated carbocycles. The van der Waals surface area contributed by atoms with Crippen LogP contribution >= 0.6 is 0 Å². The average molecular weight is 345 g/mol. The maximum atomic E-state index is 12.5. The second kappa shape index (κ2) is 8.14. The van der Waals surface area contributed by atoms with Crippen molar-refractivity contribution in [1.82, 2.24) is 4.98 Å². The summed E-state index contributed by atoms with van der Waals surface area (Å²) in [7, 11) is 2.45. The van der Waals surface area contributed by atoms with E-state index in [0.29, 0.717) is 5.69 Å². The minimum Gasteiger partial charge on any atom is -0.469 e. The fraction of sp³-hybridized carbons (Fsp3) is 0.278. The van der Waals surface area contributed by atoms with Crippen LogP contribution in [0.3, 0.4) is 0 Å². The number of aryl methyl sites for hydroxylation is 1. The fourth-order valence-corrected chi connectivity index (χ4v) is 2.42. The molecule has 1 N–H and O–H groups in total. The highest BCUT2D eigenvalue weighted by atomic mass is 16.5. The van der Waals surface area contributed by atoms with E-state index in [1.807, 2.05) is 30.3 Å². The quantitative estimate of drug-likeness (QED) is 0.637. The summed E-state index contributed by atoms with van der Waals surface area (Å²) in [6, 6.07) is 9.18. The first-order valence-corrected chi connectivity index (χ1v) is 7.55. The predicted molar refractivity (Wildman–Crippen MR) is 88.2 cm³/mol. The molecule has 7 heteroatoms. The lowest BCUT2D eigenvalue weighted by Crippen LogP contribution is -2.14. The lowest BCUT2D eigenvalue weighted by molar-refractivity contribution is -0.139. The van der Waals surface area contributed by atoms with Crippen LogP contribution in [0.25, 0.3) is 0 Å². The Kier molecular flexibility index (Phi) is 5.94. The zero-order valence-corrected chi connectivity index (χ0v) is 14.3. The van der Waals surface area contributed by atoms with Crippen LogP contribution in [0.1, 0.15) is 37.7 Å². The van der Waals surface area contributed by atoms with Gasteiger partial charge in [0.05, 0.1) is 26.2 Å². The van der Waals surface area contributed by atoms with Gasteiger partial charge in [-0.15, -0.1) is 0 Å².